The van der Waals surface area contributed by atoms with Crippen molar-refractivity contribution in [2.45, 2.75) is 6.61 Å². The van der Waals surface area contributed by atoms with Gasteiger partial charge in [0, 0.05) is 9.90 Å². The highest BCUT2D eigenvalue weighted by Crippen LogP contribution is 2.29. The van der Waals surface area contributed by atoms with E-state index in [4.69, 9.17) is 27.9 Å². The number of carbonyl (C=O) groups excluding carboxylic acids is 1. The van der Waals surface area contributed by atoms with Crippen LogP contribution >= 0.6 is 34.5 Å². The average Bonchev–Trinajstić information content (AvgIpc) is 2.85. The van der Waals surface area contributed by atoms with Crippen LogP contribution in [0.5, 0.6) is 5.75 Å². The lowest BCUT2D eigenvalue weighted by atomic mass is 10.3. The SMILES string of the molecule is COC(=O)c1ccc(COc2ccc(Cl)cc2Cl)s1. The van der Waals surface area contributed by atoms with Crippen LogP contribution in [0.2, 0.25) is 10.0 Å². The smallest absolute Gasteiger partial charge is 0.348 e. The van der Waals surface area contributed by atoms with Crippen LogP contribution < -0.4 is 4.74 Å². The second kappa shape index (κ2) is 6.28. The third kappa shape index (κ3) is 3.62. The summed E-state index contributed by atoms with van der Waals surface area (Å²) in [4.78, 5) is 12.8. The predicted octanol–water partition coefficient (Wildman–Crippen LogP) is 4.42. The van der Waals surface area contributed by atoms with Gasteiger partial charge in [-0.15, -0.1) is 11.3 Å². The van der Waals surface area contributed by atoms with Gasteiger partial charge < -0.3 is 9.47 Å². The van der Waals surface area contributed by atoms with Crippen molar-refractivity contribution in [1.29, 1.82) is 0 Å². The Morgan fingerprint density at radius 1 is 1.26 bits per heavy atom. The molecule has 1 heterocycles. The van der Waals surface area contributed by atoms with Crippen molar-refractivity contribution in [3.63, 3.8) is 0 Å². The molecule has 0 saturated carbocycles. The summed E-state index contributed by atoms with van der Waals surface area (Å²) in [5, 5.41) is 1.01. The number of hydrogen-bond donors (Lipinski definition) is 0. The highest BCUT2D eigenvalue weighted by atomic mass is 35.5. The molecule has 0 atom stereocenters. The summed E-state index contributed by atoms with van der Waals surface area (Å²) in [6.07, 6.45) is 0. The molecule has 0 saturated heterocycles. The van der Waals surface area contributed by atoms with E-state index >= 15 is 0 Å². The number of benzene rings is 1. The molecule has 6 heteroatoms. The van der Waals surface area contributed by atoms with Gasteiger partial charge in [-0.05, 0) is 30.3 Å². The van der Waals surface area contributed by atoms with Gasteiger partial charge in [-0.3, -0.25) is 0 Å². The first-order valence-corrected chi connectivity index (χ1v) is 6.92. The number of carbonyl (C=O) groups is 1. The van der Waals surface area contributed by atoms with Gasteiger partial charge in [0.25, 0.3) is 0 Å². The maximum absolute atomic E-state index is 11.3. The van der Waals surface area contributed by atoms with E-state index in [2.05, 4.69) is 4.74 Å². The van der Waals surface area contributed by atoms with Gasteiger partial charge in [0.15, 0.2) is 0 Å². The summed E-state index contributed by atoms with van der Waals surface area (Å²) in [6, 6.07) is 8.56. The zero-order valence-corrected chi connectivity index (χ0v) is 12.3. The van der Waals surface area contributed by atoms with Crippen LogP contribution in [-0.2, 0) is 11.3 Å². The van der Waals surface area contributed by atoms with Crippen LogP contribution in [0.15, 0.2) is 30.3 Å². The van der Waals surface area contributed by atoms with Crippen LogP contribution in [0, 0.1) is 0 Å². The molecule has 0 aliphatic heterocycles. The molecule has 0 fully saturated rings. The molecule has 0 bridgehead atoms. The van der Waals surface area contributed by atoms with E-state index in [-0.39, 0.29) is 5.97 Å². The fourth-order valence-corrected chi connectivity index (χ4v) is 2.71. The molecule has 2 aromatic rings. The Kier molecular flexibility index (Phi) is 4.69. The van der Waals surface area contributed by atoms with Crippen molar-refractivity contribution in [3.05, 3.63) is 50.1 Å². The standard InChI is InChI=1S/C13H10Cl2O3S/c1-17-13(16)12-5-3-9(19-12)7-18-11-4-2-8(14)6-10(11)15/h2-6H,7H2,1H3. The first-order valence-electron chi connectivity index (χ1n) is 5.35. The minimum absolute atomic E-state index is 0.336. The van der Waals surface area contributed by atoms with E-state index in [9.17, 15) is 4.79 Å². The van der Waals surface area contributed by atoms with Crippen molar-refractivity contribution in [2.75, 3.05) is 7.11 Å². The number of methoxy groups -OCH3 is 1. The first kappa shape index (κ1) is 14.2. The molecule has 3 nitrogen and oxygen atoms in total. The predicted molar refractivity (Wildman–Crippen MR) is 76.5 cm³/mol. The molecule has 0 N–H and O–H groups in total. The molecule has 2 rings (SSSR count). The molecule has 1 aromatic heterocycles. The summed E-state index contributed by atoms with van der Waals surface area (Å²) in [5.74, 6) is 0.208. The van der Waals surface area contributed by atoms with E-state index in [1.165, 1.54) is 18.4 Å². The number of halogens is 2. The molecule has 0 spiro atoms. The molecule has 100 valence electrons. The van der Waals surface area contributed by atoms with Crippen molar-refractivity contribution < 1.29 is 14.3 Å². The Labute approximate surface area is 124 Å². The van der Waals surface area contributed by atoms with Crippen molar-refractivity contribution in [1.82, 2.24) is 0 Å². The molecule has 0 unspecified atom stereocenters. The van der Waals surface area contributed by atoms with Gasteiger partial charge in [-0.25, -0.2) is 4.79 Å². The van der Waals surface area contributed by atoms with Crippen LogP contribution in [0.3, 0.4) is 0 Å². The minimum atomic E-state index is -0.347. The fourth-order valence-electron chi connectivity index (χ4n) is 1.41. The molecule has 0 aliphatic rings. The normalized spacial score (nSPS) is 10.3. The second-order valence-electron chi connectivity index (χ2n) is 3.62. The third-order valence-electron chi connectivity index (χ3n) is 2.31. The van der Waals surface area contributed by atoms with Gasteiger partial charge in [0.1, 0.15) is 17.2 Å². The fraction of sp³-hybridized carbons (Fsp3) is 0.154. The van der Waals surface area contributed by atoms with E-state index in [1.54, 1.807) is 24.3 Å². The molecule has 19 heavy (non-hydrogen) atoms. The quantitative estimate of drug-likeness (QED) is 0.783. The number of esters is 1. The Balaban J connectivity index is 2.02. The van der Waals surface area contributed by atoms with Gasteiger partial charge in [-0.1, -0.05) is 23.2 Å². The van der Waals surface area contributed by atoms with Crippen LogP contribution in [0.1, 0.15) is 14.5 Å². The maximum atomic E-state index is 11.3. The summed E-state index contributed by atoms with van der Waals surface area (Å²) >= 11 is 13.1. The van der Waals surface area contributed by atoms with E-state index in [0.717, 1.165) is 4.88 Å². The monoisotopic (exact) mass is 316 g/mol. The Bertz CT molecular complexity index is 595. The highest BCUT2D eigenvalue weighted by molar-refractivity contribution is 7.13. The van der Waals surface area contributed by atoms with E-state index < -0.39 is 0 Å². The lowest BCUT2D eigenvalue weighted by molar-refractivity contribution is 0.0606. The second-order valence-corrected chi connectivity index (χ2v) is 5.63. The lowest BCUT2D eigenvalue weighted by Crippen LogP contribution is -1.97. The zero-order chi connectivity index (χ0) is 13.8. The molecular weight excluding hydrogens is 307 g/mol. The zero-order valence-electron chi connectivity index (χ0n) is 9.98. The summed E-state index contributed by atoms with van der Waals surface area (Å²) in [6.45, 7) is 0.336. The summed E-state index contributed by atoms with van der Waals surface area (Å²) < 4.78 is 10.2. The minimum Gasteiger partial charge on any atom is -0.487 e. The number of ether oxygens (including phenoxy) is 2. The van der Waals surface area contributed by atoms with Gasteiger partial charge >= 0.3 is 5.97 Å². The van der Waals surface area contributed by atoms with Gasteiger partial charge in [0.2, 0.25) is 0 Å². The Morgan fingerprint density at radius 3 is 2.74 bits per heavy atom. The number of hydrogen-bond acceptors (Lipinski definition) is 4. The number of thiophene rings is 1. The topological polar surface area (TPSA) is 35.5 Å². The van der Waals surface area contributed by atoms with E-state index in [1.807, 2.05) is 6.07 Å². The molecule has 1 aromatic carbocycles. The summed E-state index contributed by atoms with van der Waals surface area (Å²) in [5.41, 5.74) is 0. The van der Waals surface area contributed by atoms with Crippen LogP contribution in [-0.4, -0.2) is 13.1 Å². The average molecular weight is 317 g/mol. The van der Waals surface area contributed by atoms with Crippen molar-refractivity contribution >= 4 is 40.5 Å². The highest BCUT2D eigenvalue weighted by Gasteiger charge is 2.10. The Hall–Kier alpha value is -1.23. The van der Waals surface area contributed by atoms with Crippen molar-refractivity contribution in [2.24, 2.45) is 0 Å². The number of rotatable bonds is 4. The van der Waals surface area contributed by atoms with Gasteiger partial charge in [0.05, 0.1) is 12.1 Å². The van der Waals surface area contributed by atoms with E-state index in [0.29, 0.717) is 27.3 Å². The molecule has 0 amide bonds. The maximum Gasteiger partial charge on any atom is 0.348 e. The van der Waals surface area contributed by atoms with Crippen LogP contribution in [0.4, 0.5) is 0 Å². The molecule has 0 radical (unpaired) electrons. The Morgan fingerprint density at radius 2 is 2.05 bits per heavy atom. The van der Waals surface area contributed by atoms with Gasteiger partial charge in [-0.2, -0.15) is 0 Å². The molecule has 0 aliphatic carbocycles. The summed E-state index contributed by atoms with van der Waals surface area (Å²) in [7, 11) is 1.35. The largest absolute Gasteiger partial charge is 0.487 e. The van der Waals surface area contributed by atoms with Crippen molar-refractivity contribution in [3.8, 4) is 5.75 Å². The first-order chi connectivity index (χ1) is 9.10. The molecular formula is C13H10Cl2O3S. The lowest BCUT2D eigenvalue weighted by Gasteiger charge is -2.06. The third-order valence-corrected chi connectivity index (χ3v) is 3.88. The van der Waals surface area contributed by atoms with Crippen LogP contribution in [0.25, 0.3) is 0 Å².